The van der Waals surface area contributed by atoms with E-state index in [1.165, 1.54) is 225 Å². The molecule has 0 radical (unpaired) electrons. The molecule has 0 aromatic rings. The van der Waals surface area contributed by atoms with Gasteiger partial charge in [0.1, 0.15) is 0 Å². The van der Waals surface area contributed by atoms with Crippen molar-refractivity contribution >= 4 is 11.9 Å². The quantitative estimate of drug-likeness (QED) is 0.0321. The highest BCUT2D eigenvalue weighted by Crippen LogP contribution is 2.17. The first-order valence-electron chi connectivity index (χ1n) is 31.4. The summed E-state index contributed by atoms with van der Waals surface area (Å²) in [6, 6.07) is -0.651. The molecule has 0 heterocycles. The number of carbonyl (C=O) groups excluding carboxylic acids is 2. The van der Waals surface area contributed by atoms with E-state index in [4.69, 9.17) is 4.74 Å². The van der Waals surface area contributed by atoms with Crippen LogP contribution in [-0.2, 0) is 14.3 Å². The van der Waals surface area contributed by atoms with Crippen molar-refractivity contribution in [3.8, 4) is 0 Å². The highest BCUT2D eigenvalue weighted by molar-refractivity contribution is 5.76. The molecule has 0 aliphatic heterocycles. The van der Waals surface area contributed by atoms with Crippen LogP contribution < -0.4 is 5.32 Å². The standard InChI is InChI=1S/C65H121NO5/c1-3-5-7-9-11-13-15-17-19-21-23-24-25-27-28-30-33-37-41-45-49-53-57-63(68)62(61-67)66-64(69)58-54-50-46-42-38-34-32-36-40-44-48-52-56-60-71-65(70)59-55-51-47-43-39-35-31-29-26-22-20-18-16-14-12-10-8-6-4-2/h12,14,18,20,34,38,53,57,62-63,67-68H,3-11,13,15-17,19,21-33,35-37,39-52,54-56,58-61H2,1-2H3,(H,66,69)/b14-12-,20-18-,38-34-,57-53+. The van der Waals surface area contributed by atoms with Crippen molar-refractivity contribution in [2.45, 2.75) is 341 Å². The molecule has 0 fully saturated rings. The summed E-state index contributed by atoms with van der Waals surface area (Å²) in [5.74, 6) is -0.114. The largest absolute Gasteiger partial charge is 0.466 e. The highest BCUT2D eigenvalue weighted by atomic mass is 16.5. The van der Waals surface area contributed by atoms with Crippen molar-refractivity contribution in [1.82, 2.24) is 5.32 Å². The summed E-state index contributed by atoms with van der Waals surface area (Å²) in [7, 11) is 0. The zero-order valence-corrected chi connectivity index (χ0v) is 47.5. The minimum atomic E-state index is -0.864. The Bertz CT molecular complexity index is 1190. The van der Waals surface area contributed by atoms with Crippen LogP contribution in [0.15, 0.2) is 48.6 Å². The molecule has 0 aromatic heterocycles. The molecule has 0 bridgehead atoms. The zero-order valence-electron chi connectivity index (χ0n) is 47.5. The molecule has 0 aliphatic rings. The summed E-state index contributed by atoms with van der Waals surface area (Å²) < 4.78 is 5.48. The molecule has 3 N–H and O–H groups in total. The Morgan fingerprint density at radius 2 is 0.704 bits per heavy atom. The lowest BCUT2D eigenvalue weighted by Crippen LogP contribution is -2.45. The van der Waals surface area contributed by atoms with Crippen LogP contribution in [0.4, 0.5) is 0 Å². The van der Waals surface area contributed by atoms with E-state index < -0.39 is 12.1 Å². The second kappa shape index (κ2) is 60.4. The lowest BCUT2D eigenvalue weighted by Gasteiger charge is -2.19. The van der Waals surface area contributed by atoms with Gasteiger partial charge in [-0.3, -0.25) is 9.59 Å². The fourth-order valence-electron chi connectivity index (χ4n) is 9.48. The Morgan fingerprint density at radius 1 is 0.394 bits per heavy atom. The number of allylic oxidation sites excluding steroid dienone is 7. The molecule has 0 aromatic carbocycles. The number of aliphatic hydroxyl groups is 2. The Labute approximate surface area is 442 Å². The number of unbranched alkanes of at least 4 members (excludes halogenated alkanes) is 41. The number of hydrogen-bond donors (Lipinski definition) is 3. The van der Waals surface area contributed by atoms with Crippen LogP contribution in [0.2, 0.25) is 0 Å². The van der Waals surface area contributed by atoms with Gasteiger partial charge in [0, 0.05) is 12.8 Å². The predicted octanol–water partition coefficient (Wildman–Crippen LogP) is 19.7. The number of amides is 1. The molecule has 0 aliphatic carbocycles. The lowest BCUT2D eigenvalue weighted by atomic mass is 10.0. The number of aliphatic hydroxyl groups excluding tert-OH is 2. The number of hydrogen-bond acceptors (Lipinski definition) is 5. The lowest BCUT2D eigenvalue weighted by molar-refractivity contribution is -0.143. The third kappa shape index (κ3) is 57.0. The summed E-state index contributed by atoms with van der Waals surface area (Å²) in [6.45, 7) is 4.85. The van der Waals surface area contributed by atoms with Gasteiger partial charge in [-0.25, -0.2) is 0 Å². The van der Waals surface area contributed by atoms with Gasteiger partial charge in [-0.2, -0.15) is 0 Å². The Morgan fingerprint density at radius 3 is 1.13 bits per heavy atom. The van der Waals surface area contributed by atoms with Gasteiger partial charge in [0.05, 0.1) is 25.4 Å². The van der Waals surface area contributed by atoms with E-state index in [9.17, 15) is 19.8 Å². The first kappa shape index (κ1) is 68.8. The maximum absolute atomic E-state index is 12.5. The fourth-order valence-corrected chi connectivity index (χ4v) is 9.48. The molecule has 6 nitrogen and oxygen atoms in total. The van der Waals surface area contributed by atoms with Crippen molar-refractivity contribution in [1.29, 1.82) is 0 Å². The van der Waals surface area contributed by atoms with Crippen LogP contribution >= 0.6 is 0 Å². The molecule has 416 valence electrons. The molecule has 2 unspecified atom stereocenters. The monoisotopic (exact) mass is 996 g/mol. The molecular weight excluding hydrogens is 875 g/mol. The second-order valence-corrected chi connectivity index (χ2v) is 21.4. The van der Waals surface area contributed by atoms with E-state index in [1.54, 1.807) is 6.08 Å². The summed E-state index contributed by atoms with van der Waals surface area (Å²) >= 11 is 0. The van der Waals surface area contributed by atoms with Gasteiger partial charge in [-0.15, -0.1) is 0 Å². The smallest absolute Gasteiger partial charge is 0.305 e. The van der Waals surface area contributed by atoms with E-state index in [0.29, 0.717) is 19.4 Å². The summed E-state index contributed by atoms with van der Waals surface area (Å²) in [4.78, 5) is 24.6. The molecule has 1 amide bonds. The van der Waals surface area contributed by atoms with Gasteiger partial charge < -0.3 is 20.3 Å². The van der Waals surface area contributed by atoms with Crippen molar-refractivity contribution in [2.75, 3.05) is 13.2 Å². The first-order valence-corrected chi connectivity index (χ1v) is 31.4. The van der Waals surface area contributed by atoms with E-state index in [1.807, 2.05) is 6.08 Å². The van der Waals surface area contributed by atoms with Crippen LogP contribution in [0.3, 0.4) is 0 Å². The number of ether oxygens (including phenoxy) is 1. The fraction of sp³-hybridized carbons (Fsp3) is 0.846. The number of esters is 1. The second-order valence-electron chi connectivity index (χ2n) is 21.4. The Kier molecular flexibility index (Phi) is 58.5. The van der Waals surface area contributed by atoms with Crippen LogP contribution in [0.5, 0.6) is 0 Å². The molecule has 0 rings (SSSR count). The normalized spacial score (nSPS) is 12.9. The molecule has 0 spiro atoms. The topological polar surface area (TPSA) is 95.9 Å². The van der Waals surface area contributed by atoms with Gasteiger partial charge in [0.25, 0.3) is 0 Å². The Hall–Kier alpha value is -2.18. The predicted molar refractivity (Wildman–Crippen MR) is 310 cm³/mol. The molecule has 0 saturated carbocycles. The van der Waals surface area contributed by atoms with E-state index in [0.717, 1.165) is 77.0 Å². The van der Waals surface area contributed by atoms with E-state index >= 15 is 0 Å². The van der Waals surface area contributed by atoms with Gasteiger partial charge in [0.2, 0.25) is 5.91 Å². The molecule has 2 atom stereocenters. The van der Waals surface area contributed by atoms with Crippen LogP contribution in [0.1, 0.15) is 328 Å². The van der Waals surface area contributed by atoms with Gasteiger partial charge >= 0.3 is 5.97 Å². The van der Waals surface area contributed by atoms with Crippen molar-refractivity contribution < 1.29 is 24.5 Å². The summed E-state index contributed by atoms with van der Waals surface area (Å²) in [5.41, 5.74) is 0. The van der Waals surface area contributed by atoms with Gasteiger partial charge in [-0.05, 0) is 89.9 Å². The van der Waals surface area contributed by atoms with Crippen LogP contribution in [0, 0.1) is 0 Å². The maximum Gasteiger partial charge on any atom is 0.305 e. The van der Waals surface area contributed by atoms with Gasteiger partial charge in [-0.1, -0.05) is 274 Å². The van der Waals surface area contributed by atoms with Gasteiger partial charge in [0.15, 0.2) is 0 Å². The SMILES string of the molecule is CCCCC/C=C\C/C=C\CCCCCCCCCCCC(=O)OCCCCCCCC/C=C\CCCCCC(=O)NC(CO)C(O)/C=C/CCCCCCCCCCCCCCCCCCCCCC. The van der Waals surface area contributed by atoms with E-state index in [-0.39, 0.29) is 18.5 Å². The average Bonchev–Trinajstić information content (AvgIpc) is 3.37. The minimum absolute atomic E-state index is 0.0176. The number of carbonyl (C=O) groups is 2. The molecular formula is C65H121NO5. The van der Waals surface area contributed by atoms with Crippen molar-refractivity contribution in [2.24, 2.45) is 0 Å². The van der Waals surface area contributed by atoms with Crippen LogP contribution in [-0.4, -0.2) is 47.4 Å². The Balaban J connectivity index is 3.51. The third-order valence-corrected chi connectivity index (χ3v) is 14.3. The first-order chi connectivity index (χ1) is 35.0. The summed E-state index contributed by atoms with van der Waals surface area (Å²) in [5, 5.41) is 23.2. The van der Waals surface area contributed by atoms with E-state index in [2.05, 4.69) is 55.6 Å². The number of rotatable bonds is 58. The maximum atomic E-state index is 12.5. The number of nitrogens with one attached hydrogen (secondary N) is 1. The molecule has 0 saturated heterocycles. The van der Waals surface area contributed by atoms with Crippen molar-refractivity contribution in [3.63, 3.8) is 0 Å². The van der Waals surface area contributed by atoms with Crippen molar-refractivity contribution in [3.05, 3.63) is 48.6 Å². The highest BCUT2D eigenvalue weighted by Gasteiger charge is 2.18. The summed E-state index contributed by atoms with van der Waals surface area (Å²) in [6.07, 6.45) is 77.2. The molecule has 71 heavy (non-hydrogen) atoms. The zero-order chi connectivity index (χ0) is 51.4. The molecule has 6 heteroatoms. The third-order valence-electron chi connectivity index (χ3n) is 14.3. The minimum Gasteiger partial charge on any atom is -0.466 e. The van der Waals surface area contributed by atoms with Crippen LogP contribution in [0.25, 0.3) is 0 Å². The average molecular weight is 997 g/mol.